The molecule has 2 aromatic carbocycles. The van der Waals surface area contributed by atoms with Crippen LogP contribution in [-0.2, 0) is 9.59 Å². The maximum absolute atomic E-state index is 13.4. The van der Waals surface area contributed by atoms with E-state index in [0.717, 1.165) is 31.2 Å². The molecule has 2 aliphatic rings. The van der Waals surface area contributed by atoms with Crippen molar-refractivity contribution in [2.45, 2.75) is 50.9 Å². The van der Waals surface area contributed by atoms with E-state index in [9.17, 15) is 14.4 Å². The SMILES string of the molecule is Cc1ccc(C(=O)N2CCN(C(=O)COc3ccc(Cl)cc3)C2C(=O)NC2CCC(N)CC2)cc1. The van der Waals surface area contributed by atoms with Crippen molar-refractivity contribution < 1.29 is 19.1 Å². The Morgan fingerprint density at radius 3 is 2.26 bits per heavy atom. The van der Waals surface area contributed by atoms with Gasteiger partial charge in [-0.1, -0.05) is 29.3 Å². The van der Waals surface area contributed by atoms with Crippen molar-refractivity contribution >= 4 is 29.3 Å². The monoisotopic (exact) mass is 498 g/mol. The number of amides is 3. The van der Waals surface area contributed by atoms with Gasteiger partial charge in [0, 0.05) is 35.8 Å². The summed E-state index contributed by atoms with van der Waals surface area (Å²) in [5, 5.41) is 3.62. The van der Waals surface area contributed by atoms with Gasteiger partial charge in [0.1, 0.15) is 5.75 Å². The molecular formula is C26H31ClN4O4. The number of carbonyl (C=O) groups is 3. The van der Waals surface area contributed by atoms with E-state index in [4.69, 9.17) is 22.1 Å². The molecule has 1 saturated heterocycles. The standard InChI is InChI=1S/C26H31ClN4O4/c1-17-2-4-18(5-3-17)26(34)31-15-14-30(23(32)16-35-22-12-6-19(27)7-13-22)25(31)24(33)29-21-10-8-20(28)9-11-21/h2-7,12-13,20-21,25H,8-11,14-16,28H2,1H3,(H,29,33). The Hall–Kier alpha value is -3.10. The lowest BCUT2D eigenvalue weighted by Gasteiger charge is -2.32. The summed E-state index contributed by atoms with van der Waals surface area (Å²) in [7, 11) is 0. The van der Waals surface area contributed by atoms with Gasteiger partial charge >= 0.3 is 0 Å². The summed E-state index contributed by atoms with van der Waals surface area (Å²) in [6.07, 6.45) is 2.18. The predicted octanol–water partition coefficient (Wildman–Crippen LogP) is 2.72. The first-order valence-electron chi connectivity index (χ1n) is 11.9. The minimum absolute atomic E-state index is 0.0264. The van der Waals surface area contributed by atoms with Gasteiger partial charge in [-0.2, -0.15) is 0 Å². The Morgan fingerprint density at radius 1 is 0.971 bits per heavy atom. The number of hydrogen-bond acceptors (Lipinski definition) is 5. The Bertz CT molecular complexity index is 1050. The molecule has 0 bridgehead atoms. The van der Waals surface area contributed by atoms with Crippen LogP contribution in [0.3, 0.4) is 0 Å². The van der Waals surface area contributed by atoms with Crippen molar-refractivity contribution in [1.82, 2.24) is 15.1 Å². The average Bonchev–Trinajstić information content (AvgIpc) is 3.30. The third-order valence-corrected chi connectivity index (χ3v) is 6.83. The fourth-order valence-corrected chi connectivity index (χ4v) is 4.67. The lowest BCUT2D eigenvalue weighted by molar-refractivity contribution is -0.143. The van der Waals surface area contributed by atoms with Crippen LogP contribution in [-0.4, -0.2) is 65.5 Å². The zero-order valence-corrected chi connectivity index (χ0v) is 20.5. The quantitative estimate of drug-likeness (QED) is 0.637. The average molecular weight is 499 g/mol. The van der Waals surface area contributed by atoms with Gasteiger partial charge in [0.05, 0.1) is 0 Å². The molecular weight excluding hydrogens is 468 g/mol. The molecule has 1 aliphatic carbocycles. The molecule has 35 heavy (non-hydrogen) atoms. The number of aryl methyl sites for hydroxylation is 1. The van der Waals surface area contributed by atoms with Crippen LogP contribution < -0.4 is 15.8 Å². The van der Waals surface area contributed by atoms with Crippen molar-refractivity contribution in [2.75, 3.05) is 19.7 Å². The van der Waals surface area contributed by atoms with Crippen LogP contribution in [0.1, 0.15) is 41.6 Å². The van der Waals surface area contributed by atoms with Gasteiger partial charge in [-0.05, 0) is 69.0 Å². The molecule has 1 heterocycles. The molecule has 3 N–H and O–H groups in total. The minimum Gasteiger partial charge on any atom is -0.484 e. The summed E-state index contributed by atoms with van der Waals surface area (Å²) in [5.41, 5.74) is 7.51. The lowest BCUT2D eigenvalue weighted by atomic mass is 9.92. The zero-order valence-electron chi connectivity index (χ0n) is 19.8. The Kier molecular flexibility index (Phi) is 7.93. The van der Waals surface area contributed by atoms with E-state index >= 15 is 0 Å². The van der Waals surface area contributed by atoms with Crippen LogP contribution >= 0.6 is 11.6 Å². The molecule has 1 unspecified atom stereocenters. The highest BCUT2D eigenvalue weighted by Gasteiger charge is 2.43. The molecule has 0 spiro atoms. The van der Waals surface area contributed by atoms with Crippen LogP contribution in [0, 0.1) is 6.92 Å². The van der Waals surface area contributed by atoms with E-state index in [1.54, 1.807) is 36.4 Å². The van der Waals surface area contributed by atoms with Crippen LogP contribution in [0.5, 0.6) is 5.75 Å². The van der Waals surface area contributed by atoms with Crippen molar-refractivity contribution in [1.29, 1.82) is 0 Å². The highest BCUT2D eigenvalue weighted by Crippen LogP contribution is 2.22. The smallest absolute Gasteiger partial charge is 0.264 e. The van der Waals surface area contributed by atoms with E-state index in [-0.39, 0.29) is 49.5 Å². The molecule has 2 fully saturated rings. The molecule has 0 aromatic heterocycles. The number of hydrogen-bond donors (Lipinski definition) is 2. The van der Waals surface area contributed by atoms with Crippen LogP contribution in [0.4, 0.5) is 0 Å². The molecule has 2 aromatic rings. The molecule has 0 radical (unpaired) electrons. The normalized spacial score (nSPS) is 22.1. The summed E-state index contributed by atoms with van der Waals surface area (Å²) >= 11 is 5.91. The van der Waals surface area contributed by atoms with Crippen molar-refractivity contribution in [3.63, 3.8) is 0 Å². The Labute approximate surface area is 210 Å². The second-order valence-corrected chi connectivity index (χ2v) is 9.62. The van der Waals surface area contributed by atoms with E-state index in [1.807, 2.05) is 19.1 Å². The number of halogens is 1. The van der Waals surface area contributed by atoms with Gasteiger partial charge in [0.25, 0.3) is 17.7 Å². The topological polar surface area (TPSA) is 105 Å². The molecule has 8 nitrogen and oxygen atoms in total. The second-order valence-electron chi connectivity index (χ2n) is 9.19. The van der Waals surface area contributed by atoms with Crippen LogP contribution in [0.2, 0.25) is 5.02 Å². The summed E-state index contributed by atoms with van der Waals surface area (Å²) in [6.45, 7) is 2.19. The fourth-order valence-electron chi connectivity index (χ4n) is 4.55. The van der Waals surface area contributed by atoms with Gasteiger partial charge in [0.2, 0.25) is 0 Å². The number of nitrogens with one attached hydrogen (secondary N) is 1. The largest absolute Gasteiger partial charge is 0.484 e. The molecule has 1 aliphatic heterocycles. The Balaban J connectivity index is 1.50. The van der Waals surface area contributed by atoms with Crippen molar-refractivity contribution in [2.24, 2.45) is 5.73 Å². The molecule has 4 rings (SSSR count). The van der Waals surface area contributed by atoms with Gasteiger partial charge < -0.3 is 25.6 Å². The van der Waals surface area contributed by atoms with E-state index in [2.05, 4.69) is 5.32 Å². The van der Waals surface area contributed by atoms with E-state index in [1.165, 1.54) is 9.80 Å². The van der Waals surface area contributed by atoms with E-state index < -0.39 is 6.17 Å². The van der Waals surface area contributed by atoms with Crippen LogP contribution in [0.15, 0.2) is 48.5 Å². The summed E-state index contributed by atoms with van der Waals surface area (Å²) in [6, 6.07) is 14.0. The molecule has 1 saturated carbocycles. The van der Waals surface area contributed by atoms with Crippen LogP contribution in [0.25, 0.3) is 0 Å². The maximum Gasteiger partial charge on any atom is 0.264 e. The number of ether oxygens (including phenoxy) is 1. The third kappa shape index (κ3) is 6.13. The number of rotatable bonds is 6. The lowest BCUT2D eigenvalue weighted by Crippen LogP contribution is -2.56. The van der Waals surface area contributed by atoms with E-state index in [0.29, 0.717) is 16.3 Å². The Morgan fingerprint density at radius 2 is 1.60 bits per heavy atom. The number of nitrogens with two attached hydrogens (primary N) is 1. The highest BCUT2D eigenvalue weighted by atomic mass is 35.5. The number of carbonyl (C=O) groups excluding carboxylic acids is 3. The fraction of sp³-hybridized carbons (Fsp3) is 0.423. The zero-order chi connectivity index (χ0) is 24.9. The van der Waals surface area contributed by atoms with Gasteiger partial charge in [0.15, 0.2) is 12.8 Å². The molecule has 1 atom stereocenters. The number of benzene rings is 2. The third-order valence-electron chi connectivity index (χ3n) is 6.58. The van der Waals surface area contributed by atoms with Gasteiger partial charge in [-0.15, -0.1) is 0 Å². The molecule has 186 valence electrons. The first kappa shape index (κ1) is 25.0. The second kappa shape index (κ2) is 11.1. The highest BCUT2D eigenvalue weighted by molar-refractivity contribution is 6.30. The molecule has 3 amide bonds. The summed E-state index contributed by atoms with van der Waals surface area (Å²) in [4.78, 5) is 42.8. The summed E-state index contributed by atoms with van der Waals surface area (Å²) < 4.78 is 5.62. The van der Waals surface area contributed by atoms with Crippen molar-refractivity contribution in [3.8, 4) is 5.75 Å². The summed E-state index contributed by atoms with van der Waals surface area (Å²) in [5.74, 6) is -0.521. The predicted molar refractivity (Wildman–Crippen MR) is 133 cm³/mol. The minimum atomic E-state index is -1.04. The number of nitrogens with zero attached hydrogens (tertiary/aromatic N) is 2. The molecule has 9 heteroatoms. The first-order valence-corrected chi connectivity index (χ1v) is 12.3. The maximum atomic E-state index is 13.4. The van der Waals surface area contributed by atoms with Gasteiger partial charge in [-0.25, -0.2) is 0 Å². The first-order chi connectivity index (χ1) is 16.8. The van der Waals surface area contributed by atoms with Gasteiger partial charge in [-0.3, -0.25) is 14.4 Å². The van der Waals surface area contributed by atoms with Crippen molar-refractivity contribution in [3.05, 3.63) is 64.7 Å².